The Morgan fingerprint density at radius 2 is 0.722 bits per heavy atom. The van der Waals surface area contributed by atoms with Gasteiger partial charge in [0, 0.05) is 16.2 Å². The Labute approximate surface area is 323 Å². The molecule has 0 unspecified atom stereocenters. The molecule has 0 saturated heterocycles. The highest BCUT2D eigenvalue weighted by Gasteiger charge is 2.47. The molecule has 6 aliphatic carbocycles. The van der Waals surface area contributed by atoms with Crippen molar-refractivity contribution in [2.24, 2.45) is 0 Å². The van der Waals surface area contributed by atoms with Gasteiger partial charge in [-0.3, -0.25) is 0 Å². The first kappa shape index (κ1) is 33.9. The second-order valence-electron chi connectivity index (χ2n) is 17.6. The molecule has 0 nitrogen and oxygen atoms in total. The minimum Gasteiger partial charge on any atom is -0.0619 e. The first-order valence-corrected chi connectivity index (χ1v) is 21.1. The number of hydrogen-bond acceptors (Lipinski definition) is 0. The third kappa shape index (κ3) is 4.94. The van der Waals surface area contributed by atoms with E-state index in [0.717, 1.165) is 0 Å². The fourth-order valence-corrected chi connectivity index (χ4v) is 12.4. The van der Waals surface area contributed by atoms with E-state index in [-0.39, 0.29) is 0 Å². The van der Waals surface area contributed by atoms with E-state index in [0.29, 0.717) is 16.2 Å². The molecule has 0 bridgehead atoms. The summed E-state index contributed by atoms with van der Waals surface area (Å²) in [5, 5.41) is 0. The summed E-state index contributed by atoms with van der Waals surface area (Å²) in [6.07, 6.45) is 16.3. The van der Waals surface area contributed by atoms with Crippen molar-refractivity contribution in [1.29, 1.82) is 0 Å². The predicted molar refractivity (Wildman–Crippen MR) is 228 cm³/mol. The summed E-state index contributed by atoms with van der Waals surface area (Å²) in [5.41, 5.74) is 23.7. The van der Waals surface area contributed by atoms with Crippen molar-refractivity contribution < 1.29 is 0 Å². The van der Waals surface area contributed by atoms with Crippen molar-refractivity contribution in [2.75, 3.05) is 0 Å². The van der Waals surface area contributed by atoms with Gasteiger partial charge < -0.3 is 0 Å². The summed E-state index contributed by atoms with van der Waals surface area (Å²) in [5.74, 6) is 0. The summed E-state index contributed by atoms with van der Waals surface area (Å²) < 4.78 is 0. The fourth-order valence-electron chi connectivity index (χ4n) is 12.4. The van der Waals surface area contributed by atoms with E-state index in [4.69, 9.17) is 0 Å². The van der Waals surface area contributed by atoms with Gasteiger partial charge in [-0.1, -0.05) is 177 Å². The molecule has 3 saturated carbocycles. The first-order valence-electron chi connectivity index (χ1n) is 21.1. The molecule has 0 aliphatic heterocycles. The zero-order valence-electron chi connectivity index (χ0n) is 32.6. The van der Waals surface area contributed by atoms with Crippen molar-refractivity contribution in [3.8, 4) is 33.4 Å². The van der Waals surface area contributed by atoms with Gasteiger partial charge in [0.15, 0.2) is 0 Å². The normalized spacial score (nSPS) is 18.9. The van der Waals surface area contributed by atoms with Crippen LogP contribution in [0.5, 0.6) is 0 Å². The Kier molecular flexibility index (Phi) is 8.13. The van der Waals surface area contributed by atoms with Crippen molar-refractivity contribution in [2.45, 2.75) is 114 Å². The summed E-state index contributed by atoms with van der Waals surface area (Å²) in [4.78, 5) is 0. The fraction of sp³-hybridized carbons (Fsp3) is 0.333. The Morgan fingerprint density at radius 1 is 0.315 bits per heavy atom. The molecule has 3 fully saturated rings. The number of aryl methyl sites for hydroxylation is 3. The van der Waals surface area contributed by atoms with Crippen molar-refractivity contribution in [3.63, 3.8) is 0 Å². The van der Waals surface area contributed by atoms with Crippen molar-refractivity contribution >= 4 is 0 Å². The van der Waals surface area contributed by atoms with Crippen LogP contribution in [-0.4, -0.2) is 0 Å². The third-order valence-corrected chi connectivity index (χ3v) is 14.7. The van der Waals surface area contributed by atoms with Gasteiger partial charge in [0.05, 0.1) is 0 Å². The standard InChI is InChI=1S/3C18H18/c1-13-7-6-10-16-17(13)14-8-2-3-9-15(14)18(16)11-4-5-12-18;1-13-8-9-17-15(12-13)14-6-2-3-7-16(14)18(17)10-4-5-11-18;1-13-8-9-15-14-6-2-3-7-16(14)18(17(15)12-13)10-4-5-11-18/h2-3,6-10H,4-5,11-12H2,1H3;2*2-3,6-9,12H,4-5,10-11H2,1H3. The molecule has 6 aromatic carbocycles. The number of rotatable bonds is 0. The highest BCUT2D eigenvalue weighted by Crippen LogP contribution is 2.59. The zero-order valence-corrected chi connectivity index (χ0v) is 32.6. The number of hydrogen-bond donors (Lipinski definition) is 0. The van der Waals surface area contributed by atoms with Gasteiger partial charge in [0.1, 0.15) is 0 Å². The molecule has 0 heterocycles. The molecule has 0 heteroatoms. The molecular weight excluding hydrogens is 649 g/mol. The number of benzene rings is 6. The van der Waals surface area contributed by atoms with Crippen LogP contribution < -0.4 is 0 Å². The molecule has 0 N–H and O–H groups in total. The van der Waals surface area contributed by atoms with Gasteiger partial charge in [-0.05, 0) is 132 Å². The number of fused-ring (bicyclic) bond motifs is 15. The molecular formula is C54H54. The lowest BCUT2D eigenvalue weighted by Crippen LogP contribution is -2.20. The van der Waals surface area contributed by atoms with E-state index in [2.05, 4.69) is 148 Å². The summed E-state index contributed by atoms with van der Waals surface area (Å²) in [7, 11) is 0. The smallest absolute Gasteiger partial charge is 0.0215 e. The van der Waals surface area contributed by atoms with E-state index in [1.165, 1.54) is 127 Å². The van der Waals surface area contributed by atoms with Crippen LogP contribution in [-0.2, 0) is 16.2 Å². The highest BCUT2D eigenvalue weighted by molar-refractivity contribution is 5.84. The van der Waals surface area contributed by atoms with Crippen LogP contribution in [0.3, 0.4) is 0 Å². The van der Waals surface area contributed by atoms with E-state index in [1.807, 2.05) is 0 Å². The molecule has 3 spiro atoms. The molecule has 12 rings (SSSR count). The second-order valence-corrected chi connectivity index (χ2v) is 17.6. The SMILES string of the molecule is Cc1ccc2c(c1)-c1ccccc1C21CCCC1.Cc1ccc2c(c1)C1(CCCC1)c1ccccc1-2.Cc1cccc2c1-c1ccccc1C21CCCC1. The van der Waals surface area contributed by atoms with Crippen LogP contribution in [0.25, 0.3) is 33.4 Å². The van der Waals surface area contributed by atoms with Crippen molar-refractivity contribution in [1.82, 2.24) is 0 Å². The van der Waals surface area contributed by atoms with Gasteiger partial charge in [0.25, 0.3) is 0 Å². The van der Waals surface area contributed by atoms with Gasteiger partial charge in [-0.15, -0.1) is 0 Å². The molecule has 0 aromatic heterocycles. The second kappa shape index (κ2) is 13.0. The van der Waals surface area contributed by atoms with Crippen LogP contribution in [0.4, 0.5) is 0 Å². The van der Waals surface area contributed by atoms with Crippen LogP contribution >= 0.6 is 0 Å². The Balaban J connectivity index is 0.000000100. The lowest BCUT2D eigenvalue weighted by atomic mass is 9.76. The quantitative estimate of drug-likeness (QED) is 0.148. The summed E-state index contributed by atoms with van der Waals surface area (Å²) in [6.45, 7) is 6.66. The average Bonchev–Trinajstić information content (AvgIpc) is 4.08. The Bertz CT molecular complexity index is 2370. The van der Waals surface area contributed by atoms with E-state index >= 15 is 0 Å². The maximum absolute atomic E-state index is 2.43. The lowest BCUT2D eigenvalue weighted by Gasteiger charge is -2.26. The first-order chi connectivity index (χ1) is 26.5. The monoisotopic (exact) mass is 702 g/mol. The van der Waals surface area contributed by atoms with E-state index in [1.54, 1.807) is 33.4 Å². The molecule has 0 amide bonds. The topological polar surface area (TPSA) is 0 Å². The predicted octanol–water partition coefficient (Wildman–Crippen LogP) is 14.5. The van der Waals surface area contributed by atoms with Crippen LogP contribution in [0, 0.1) is 20.8 Å². The molecule has 270 valence electrons. The minimum atomic E-state index is 0.345. The van der Waals surface area contributed by atoms with Gasteiger partial charge in [-0.25, -0.2) is 0 Å². The Morgan fingerprint density at radius 3 is 1.33 bits per heavy atom. The van der Waals surface area contributed by atoms with Crippen LogP contribution in [0.1, 0.15) is 127 Å². The third-order valence-electron chi connectivity index (χ3n) is 14.7. The Hall–Kier alpha value is -4.68. The molecule has 6 aliphatic rings. The average molecular weight is 703 g/mol. The summed E-state index contributed by atoms with van der Waals surface area (Å²) >= 11 is 0. The molecule has 0 radical (unpaired) electrons. The highest BCUT2D eigenvalue weighted by atomic mass is 14.5. The lowest BCUT2D eigenvalue weighted by molar-refractivity contribution is 0.549. The van der Waals surface area contributed by atoms with E-state index in [9.17, 15) is 0 Å². The molecule has 54 heavy (non-hydrogen) atoms. The van der Waals surface area contributed by atoms with Crippen LogP contribution in [0.2, 0.25) is 0 Å². The zero-order chi connectivity index (χ0) is 36.5. The van der Waals surface area contributed by atoms with E-state index < -0.39 is 0 Å². The minimum absolute atomic E-state index is 0.345. The van der Waals surface area contributed by atoms with Gasteiger partial charge in [0.2, 0.25) is 0 Å². The summed E-state index contributed by atoms with van der Waals surface area (Å²) in [6, 6.07) is 48.1. The van der Waals surface area contributed by atoms with Crippen LogP contribution in [0.15, 0.2) is 127 Å². The molecule has 6 aromatic rings. The maximum atomic E-state index is 2.43. The maximum Gasteiger partial charge on any atom is 0.0215 e. The molecule has 0 atom stereocenters. The van der Waals surface area contributed by atoms with Crippen molar-refractivity contribution in [3.05, 3.63) is 177 Å². The van der Waals surface area contributed by atoms with Gasteiger partial charge >= 0.3 is 0 Å². The largest absolute Gasteiger partial charge is 0.0619 e. The van der Waals surface area contributed by atoms with Gasteiger partial charge in [-0.2, -0.15) is 0 Å².